The van der Waals surface area contributed by atoms with Crippen molar-refractivity contribution in [2.45, 2.75) is 124 Å². The highest BCUT2D eigenvalue weighted by atomic mass is 16.2. The van der Waals surface area contributed by atoms with Gasteiger partial charge in [-0.25, -0.2) is 0 Å². The Bertz CT molecular complexity index is 247. The number of unbranched alkanes of at least 4 members (excludes halogenated alkanes) is 12. The van der Waals surface area contributed by atoms with E-state index in [1.807, 2.05) is 0 Å². The first-order valence-electron chi connectivity index (χ1n) is 11.0. The summed E-state index contributed by atoms with van der Waals surface area (Å²) in [6.45, 7) is 8.62. The highest BCUT2D eigenvalue weighted by molar-refractivity contribution is 5.76. The van der Waals surface area contributed by atoms with E-state index in [0.717, 1.165) is 25.9 Å². The van der Waals surface area contributed by atoms with E-state index in [1.165, 1.54) is 89.9 Å². The second-order valence-electron chi connectivity index (χ2n) is 7.37. The molecule has 0 heterocycles. The van der Waals surface area contributed by atoms with Crippen molar-refractivity contribution in [2.24, 2.45) is 0 Å². The number of hydrogen-bond acceptors (Lipinski definition) is 1. The Balaban J connectivity index is 3.79. The van der Waals surface area contributed by atoms with Crippen molar-refractivity contribution in [1.82, 2.24) is 4.90 Å². The molecule has 0 spiro atoms. The van der Waals surface area contributed by atoms with Gasteiger partial charge in [0.2, 0.25) is 5.91 Å². The molecule has 144 valence electrons. The Labute approximate surface area is 152 Å². The second-order valence-corrected chi connectivity index (χ2v) is 7.37. The van der Waals surface area contributed by atoms with E-state index in [-0.39, 0.29) is 0 Å². The minimum absolute atomic E-state index is 0.384. The Morgan fingerprint density at radius 2 is 0.917 bits per heavy atom. The summed E-state index contributed by atoms with van der Waals surface area (Å²) in [6, 6.07) is 0. The molecule has 1 amide bonds. The average Bonchev–Trinajstić information content (AvgIpc) is 2.58. The highest BCUT2D eigenvalue weighted by Gasteiger charge is 2.11. The van der Waals surface area contributed by atoms with E-state index in [4.69, 9.17) is 0 Å². The van der Waals surface area contributed by atoms with Crippen LogP contribution in [0.25, 0.3) is 0 Å². The number of rotatable bonds is 18. The molecule has 0 aliphatic carbocycles. The molecule has 0 aromatic heterocycles. The minimum Gasteiger partial charge on any atom is -0.343 e. The molecule has 0 aliphatic heterocycles. The average molecular weight is 340 g/mol. The Hall–Kier alpha value is -0.530. The first-order valence-corrected chi connectivity index (χ1v) is 11.0. The van der Waals surface area contributed by atoms with Gasteiger partial charge in [0.15, 0.2) is 0 Å². The summed E-state index contributed by atoms with van der Waals surface area (Å²) < 4.78 is 0. The van der Waals surface area contributed by atoms with Crippen LogP contribution in [0.15, 0.2) is 0 Å². The zero-order chi connectivity index (χ0) is 17.9. The summed E-state index contributed by atoms with van der Waals surface area (Å²) in [5.74, 6) is 0.384. The van der Waals surface area contributed by atoms with Crippen LogP contribution in [0.5, 0.6) is 0 Å². The van der Waals surface area contributed by atoms with Crippen LogP contribution < -0.4 is 0 Å². The molecule has 0 atom stereocenters. The van der Waals surface area contributed by atoms with Crippen LogP contribution >= 0.6 is 0 Å². The molecule has 0 saturated carbocycles. The molecule has 0 aromatic carbocycles. The van der Waals surface area contributed by atoms with E-state index >= 15 is 0 Å². The summed E-state index contributed by atoms with van der Waals surface area (Å²) in [5.41, 5.74) is 0. The molecule has 0 aromatic rings. The number of carbonyl (C=O) groups is 1. The van der Waals surface area contributed by atoms with Gasteiger partial charge in [0, 0.05) is 19.5 Å². The molecule has 0 saturated heterocycles. The maximum atomic E-state index is 12.3. The molecule has 0 rings (SSSR count). The van der Waals surface area contributed by atoms with Crippen LogP contribution in [-0.4, -0.2) is 23.9 Å². The first-order chi connectivity index (χ1) is 11.8. The molecule has 0 aliphatic rings. The lowest BCUT2D eigenvalue weighted by atomic mass is 10.1. The molecule has 0 N–H and O–H groups in total. The van der Waals surface area contributed by atoms with Crippen molar-refractivity contribution in [3.63, 3.8) is 0 Å². The number of hydrogen-bond donors (Lipinski definition) is 0. The van der Waals surface area contributed by atoms with Crippen LogP contribution in [0.3, 0.4) is 0 Å². The third kappa shape index (κ3) is 15.0. The molecule has 2 nitrogen and oxygen atoms in total. The SMILES string of the molecule is CCCCCCCCCN(CCCCCCCCC)C(=O)CCC. The molecule has 0 unspecified atom stereocenters. The molecule has 24 heavy (non-hydrogen) atoms. The van der Waals surface area contributed by atoms with Gasteiger partial charge in [0.1, 0.15) is 0 Å². The Morgan fingerprint density at radius 3 is 1.29 bits per heavy atom. The molecule has 0 fully saturated rings. The summed E-state index contributed by atoms with van der Waals surface area (Å²) in [6.07, 6.45) is 20.2. The zero-order valence-corrected chi connectivity index (χ0v) is 17.1. The second kappa shape index (κ2) is 18.8. The number of nitrogens with zero attached hydrogens (tertiary/aromatic N) is 1. The van der Waals surface area contributed by atoms with E-state index in [0.29, 0.717) is 5.91 Å². The van der Waals surface area contributed by atoms with Crippen LogP contribution in [-0.2, 0) is 4.79 Å². The van der Waals surface area contributed by atoms with Gasteiger partial charge in [-0.05, 0) is 19.3 Å². The largest absolute Gasteiger partial charge is 0.343 e. The van der Waals surface area contributed by atoms with Gasteiger partial charge in [-0.2, -0.15) is 0 Å². The summed E-state index contributed by atoms with van der Waals surface area (Å²) >= 11 is 0. The van der Waals surface area contributed by atoms with Gasteiger partial charge in [-0.3, -0.25) is 4.79 Å². The van der Waals surface area contributed by atoms with Gasteiger partial charge < -0.3 is 4.90 Å². The van der Waals surface area contributed by atoms with Crippen molar-refractivity contribution >= 4 is 5.91 Å². The van der Waals surface area contributed by atoms with Crippen molar-refractivity contribution in [3.05, 3.63) is 0 Å². The van der Waals surface area contributed by atoms with E-state index < -0.39 is 0 Å². The Morgan fingerprint density at radius 1 is 0.542 bits per heavy atom. The van der Waals surface area contributed by atoms with Crippen molar-refractivity contribution in [3.8, 4) is 0 Å². The fourth-order valence-electron chi connectivity index (χ4n) is 3.25. The number of amides is 1. The quantitative estimate of drug-likeness (QED) is 0.243. The minimum atomic E-state index is 0.384. The maximum absolute atomic E-state index is 12.3. The van der Waals surface area contributed by atoms with Gasteiger partial charge in [0.25, 0.3) is 0 Å². The lowest BCUT2D eigenvalue weighted by Crippen LogP contribution is -2.32. The van der Waals surface area contributed by atoms with Crippen molar-refractivity contribution in [2.75, 3.05) is 13.1 Å². The van der Waals surface area contributed by atoms with Gasteiger partial charge in [-0.15, -0.1) is 0 Å². The maximum Gasteiger partial charge on any atom is 0.222 e. The predicted molar refractivity (Wildman–Crippen MR) is 107 cm³/mol. The lowest BCUT2D eigenvalue weighted by molar-refractivity contribution is -0.131. The Kier molecular flexibility index (Phi) is 18.4. The van der Waals surface area contributed by atoms with Gasteiger partial charge in [0.05, 0.1) is 0 Å². The fourth-order valence-corrected chi connectivity index (χ4v) is 3.25. The standard InChI is InChI=1S/C22H45NO/c1-4-7-9-11-13-15-17-20-23(22(24)19-6-3)21-18-16-14-12-10-8-5-2/h4-21H2,1-3H3. The summed E-state index contributed by atoms with van der Waals surface area (Å²) in [4.78, 5) is 14.4. The third-order valence-electron chi connectivity index (χ3n) is 4.88. The molecular weight excluding hydrogens is 294 g/mol. The fraction of sp³-hybridized carbons (Fsp3) is 0.955. The first kappa shape index (κ1) is 23.5. The molecule has 0 radical (unpaired) electrons. The van der Waals surface area contributed by atoms with Crippen LogP contribution in [0, 0.1) is 0 Å². The highest BCUT2D eigenvalue weighted by Crippen LogP contribution is 2.11. The van der Waals surface area contributed by atoms with Crippen LogP contribution in [0.4, 0.5) is 0 Å². The zero-order valence-electron chi connectivity index (χ0n) is 17.1. The van der Waals surface area contributed by atoms with Crippen molar-refractivity contribution in [1.29, 1.82) is 0 Å². The third-order valence-corrected chi connectivity index (χ3v) is 4.88. The van der Waals surface area contributed by atoms with Crippen LogP contribution in [0.2, 0.25) is 0 Å². The molecule has 0 bridgehead atoms. The monoisotopic (exact) mass is 339 g/mol. The van der Waals surface area contributed by atoms with Crippen molar-refractivity contribution < 1.29 is 4.79 Å². The van der Waals surface area contributed by atoms with E-state index in [9.17, 15) is 4.79 Å². The lowest BCUT2D eigenvalue weighted by Gasteiger charge is -2.22. The molecular formula is C22H45NO. The smallest absolute Gasteiger partial charge is 0.222 e. The van der Waals surface area contributed by atoms with Gasteiger partial charge in [-0.1, -0.05) is 97.8 Å². The van der Waals surface area contributed by atoms with Crippen LogP contribution in [0.1, 0.15) is 124 Å². The predicted octanol–water partition coefficient (Wildman–Crippen LogP) is 7.12. The molecule has 2 heteroatoms. The van der Waals surface area contributed by atoms with E-state index in [2.05, 4.69) is 25.7 Å². The normalized spacial score (nSPS) is 11.0. The topological polar surface area (TPSA) is 20.3 Å². The van der Waals surface area contributed by atoms with Gasteiger partial charge >= 0.3 is 0 Å². The summed E-state index contributed by atoms with van der Waals surface area (Å²) in [5, 5.41) is 0. The van der Waals surface area contributed by atoms with E-state index in [1.54, 1.807) is 0 Å². The number of carbonyl (C=O) groups excluding carboxylic acids is 1. The summed E-state index contributed by atoms with van der Waals surface area (Å²) in [7, 11) is 0.